The summed E-state index contributed by atoms with van der Waals surface area (Å²) in [4.78, 5) is 23.7. The molecule has 1 saturated heterocycles. The third-order valence-electron chi connectivity index (χ3n) is 3.04. The van der Waals surface area contributed by atoms with E-state index in [2.05, 4.69) is 5.32 Å². The molecule has 1 aromatic rings. The first-order chi connectivity index (χ1) is 8.47. The predicted octanol–water partition coefficient (Wildman–Crippen LogP) is 1.55. The number of likely N-dealkylation sites (tertiary alicyclic amines) is 1. The molecule has 6 heteroatoms. The molecule has 1 amide bonds. The second kappa shape index (κ2) is 4.64. The van der Waals surface area contributed by atoms with Crippen molar-refractivity contribution in [1.29, 1.82) is 0 Å². The van der Waals surface area contributed by atoms with E-state index < -0.39 is 4.92 Å². The molecule has 1 aliphatic rings. The van der Waals surface area contributed by atoms with Gasteiger partial charge in [-0.1, -0.05) is 0 Å². The molecular formula is C12H15N3O3. The maximum absolute atomic E-state index is 11.7. The number of carbonyl (C=O) groups is 1. The molecule has 6 nitrogen and oxygen atoms in total. The lowest BCUT2D eigenvalue weighted by molar-refractivity contribution is -0.384. The lowest BCUT2D eigenvalue weighted by Crippen LogP contribution is -2.30. The molecule has 18 heavy (non-hydrogen) atoms. The van der Waals surface area contributed by atoms with Crippen molar-refractivity contribution in [2.75, 3.05) is 18.9 Å². The average Bonchev–Trinajstić information content (AvgIpc) is 2.60. The van der Waals surface area contributed by atoms with Gasteiger partial charge in [0, 0.05) is 31.4 Å². The van der Waals surface area contributed by atoms with Crippen LogP contribution in [0.4, 0.5) is 11.4 Å². The van der Waals surface area contributed by atoms with Crippen molar-refractivity contribution in [3.05, 3.63) is 33.9 Å². The summed E-state index contributed by atoms with van der Waals surface area (Å²) >= 11 is 0. The van der Waals surface area contributed by atoms with Crippen LogP contribution in [-0.4, -0.2) is 35.4 Å². The number of nitro benzene ring substituents is 1. The van der Waals surface area contributed by atoms with Gasteiger partial charge in [-0.2, -0.15) is 0 Å². The van der Waals surface area contributed by atoms with Crippen LogP contribution in [0, 0.1) is 17.0 Å². The molecule has 1 aromatic carbocycles. The number of non-ortho nitro benzene ring substituents is 1. The van der Waals surface area contributed by atoms with Gasteiger partial charge in [0.05, 0.1) is 4.92 Å². The number of benzene rings is 1. The van der Waals surface area contributed by atoms with E-state index in [0.717, 1.165) is 12.0 Å². The van der Waals surface area contributed by atoms with Crippen molar-refractivity contribution in [2.45, 2.75) is 19.4 Å². The maximum atomic E-state index is 11.7. The molecule has 0 bridgehead atoms. The van der Waals surface area contributed by atoms with Gasteiger partial charge in [0.1, 0.15) is 6.04 Å². The lowest BCUT2D eigenvalue weighted by Gasteiger charge is -2.13. The highest BCUT2D eigenvalue weighted by Crippen LogP contribution is 2.23. The monoisotopic (exact) mass is 249 g/mol. The fourth-order valence-electron chi connectivity index (χ4n) is 2.11. The summed E-state index contributed by atoms with van der Waals surface area (Å²) in [5.41, 5.74) is 1.46. The number of nitro groups is 1. The van der Waals surface area contributed by atoms with Gasteiger partial charge in [-0.05, 0) is 25.0 Å². The van der Waals surface area contributed by atoms with Gasteiger partial charge in [0.25, 0.3) is 5.69 Å². The Bertz CT molecular complexity index is 501. The fraction of sp³-hybridized carbons (Fsp3) is 0.417. The number of amides is 1. The Labute approximate surface area is 105 Å². The van der Waals surface area contributed by atoms with E-state index >= 15 is 0 Å². The van der Waals surface area contributed by atoms with Gasteiger partial charge in [-0.25, -0.2) is 0 Å². The summed E-state index contributed by atoms with van der Waals surface area (Å²) < 4.78 is 0. The van der Waals surface area contributed by atoms with Gasteiger partial charge in [-0.3, -0.25) is 14.9 Å². The van der Waals surface area contributed by atoms with Crippen LogP contribution in [0.2, 0.25) is 0 Å². The number of anilines is 1. The Balaban J connectivity index is 2.19. The minimum Gasteiger partial charge on any atom is -0.373 e. The van der Waals surface area contributed by atoms with Gasteiger partial charge in [-0.15, -0.1) is 0 Å². The van der Waals surface area contributed by atoms with Crippen molar-refractivity contribution in [1.82, 2.24) is 4.90 Å². The lowest BCUT2D eigenvalue weighted by atomic mass is 10.1. The molecule has 1 N–H and O–H groups in total. The smallest absolute Gasteiger partial charge is 0.271 e. The largest absolute Gasteiger partial charge is 0.373 e. The SMILES string of the molecule is Cc1cc(NC2CCN(C)C2=O)cc([N+](=O)[O-])c1. The molecule has 96 valence electrons. The second-order valence-corrected chi connectivity index (χ2v) is 4.56. The van der Waals surface area contributed by atoms with Crippen LogP contribution in [0.15, 0.2) is 18.2 Å². The Morgan fingerprint density at radius 3 is 2.72 bits per heavy atom. The number of hydrogen-bond acceptors (Lipinski definition) is 4. The van der Waals surface area contributed by atoms with E-state index in [9.17, 15) is 14.9 Å². The van der Waals surface area contributed by atoms with E-state index in [-0.39, 0.29) is 17.6 Å². The minimum absolute atomic E-state index is 0.0270. The van der Waals surface area contributed by atoms with Gasteiger partial charge < -0.3 is 10.2 Å². The van der Waals surface area contributed by atoms with Crippen molar-refractivity contribution < 1.29 is 9.72 Å². The number of aryl methyl sites for hydroxylation is 1. The number of nitrogens with one attached hydrogen (secondary N) is 1. The Hall–Kier alpha value is -2.11. The molecule has 2 rings (SSSR count). The third-order valence-corrected chi connectivity index (χ3v) is 3.04. The van der Waals surface area contributed by atoms with Crippen molar-refractivity contribution >= 4 is 17.3 Å². The normalized spacial score (nSPS) is 19.1. The van der Waals surface area contributed by atoms with E-state index in [1.807, 2.05) is 0 Å². The van der Waals surface area contributed by atoms with Crippen LogP contribution in [0.5, 0.6) is 0 Å². The molecule has 0 radical (unpaired) electrons. The zero-order chi connectivity index (χ0) is 13.3. The maximum Gasteiger partial charge on any atom is 0.271 e. The minimum atomic E-state index is -0.430. The van der Waals surface area contributed by atoms with Crippen molar-refractivity contribution in [3.8, 4) is 0 Å². The molecule has 1 unspecified atom stereocenters. The molecular weight excluding hydrogens is 234 g/mol. The molecule has 0 aliphatic carbocycles. The molecule has 0 spiro atoms. The molecule has 0 saturated carbocycles. The first-order valence-corrected chi connectivity index (χ1v) is 5.75. The number of carbonyl (C=O) groups excluding carboxylic acids is 1. The number of hydrogen-bond donors (Lipinski definition) is 1. The molecule has 1 heterocycles. The number of nitrogens with zero attached hydrogens (tertiary/aromatic N) is 2. The number of likely N-dealkylation sites (N-methyl/N-ethyl adjacent to an activating group) is 1. The van der Waals surface area contributed by atoms with Crippen LogP contribution < -0.4 is 5.32 Å². The Kier molecular flexibility index (Phi) is 3.18. The van der Waals surface area contributed by atoms with Crippen LogP contribution in [-0.2, 0) is 4.79 Å². The summed E-state index contributed by atoms with van der Waals surface area (Å²) in [6, 6.07) is 4.49. The highest BCUT2D eigenvalue weighted by molar-refractivity contribution is 5.86. The highest BCUT2D eigenvalue weighted by Gasteiger charge is 2.29. The first-order valence-electron chi connectivity index (χ1n) is 5.75. The average molecular weight is 249 g/mol. The molecule has 1 aliphatic heterocycles. The molecule has 1 atom stereocenters. The van der Waals surface area contributed by atoms with Crippen molar-refractivity contribution in [3.63, 3.8) is 0 Å². The van der Waals surface area contributed by atoms with E-state index in [0.29, 0.717) is 12.2 Å². The predicted molar refractivity (Wildman–Crippen MR) is 67.5 cm³/mol. The van der Waals surface area contributed by atoms with Gasteiger partial charge in [0.2, 0.25) is 5.91 Å². The van der Waals surface area contributed by atoms with E-state index in [4.69, 9.17) is 0 Å². The Morgan fingerprint density at radius 1 is 1.44 bits per heavy atom. The highest BCUT2D eigenvalue weighted by atomic mass is 16.6. The van der Waals surface area contributed by atoms with Gasteiger partial charge >= 0.3 is 0 Å². The third kappa shape index (κ3) is 2.42. The topological polar surface area (TPSA) is 75.5 Å². The molecule has 1 fully saturated rings. The van der Waals surface area contributed by atoms with Crippen LogP contribution in [0.25, 0.3) is 0 Å². The quantitative estimate of drug-likeness (QED) is 0.651. The van der Waals surface area contributed by atoms with E-state index in [1.54, 1.807) is 24.9 Å². The summed E-state index contributed by atoms with van der Waals surface area (Å²) in [5, 5.41) is 13.8. The molecule has 0 aromatic heterocycles. The van der Waals surface area contributed by atoms with Crippen LogP contribution in [0.1, 0.15) is 12.0 Å². The van der Waals surface area contributed by atoms with Crippen LogP contribution in [0.3, 0.4) is 0 Å². The summed E-state index contributed by atoms with van der Waals surface area (Å²) in [6.45, 7) is 2.51. The first kappa shape index (κ1) is 12.3. The summed E-state index contributed by atoms with van der Waals surface area (Å²) in [7, 11) is 1.75. The van der Waals surface area contributed by atoms with Gasteiger partial charge in [0.15, 0.2) is 0 Å². The summed E-state index contributed by atoms with van der Waals surface area (Å²) in [6.07, 6.45) is 0.719. The fourth-order valence-corrected chi connectivity index (χ4v) is 2.11. The summed E-state index contributed by atoms with van der Waals surface area (Å²) in [5.74, 6) is 0.0270. The zero-order valence-electron chi connectivity index (χ0n) is 10.3. The Morgan fingerprint density at radius 2 is 2.17 bits per heavy atom. The van der Waals surface area contributed by atoms with Crippen LogP contribution >= 0.6 is 0 Å². The second-order valence-electron chi connectivity index (χ2n) is 4.56. The van der Waals surface area contributed by atoms with Crippen molar-refractivity contribution in [2.24, 2.45) is 0 Å². The van der Waals surface area contributed by atoms with E-state index in [1.165, 1.54) is 12.1 Å². The zero-order valence-corrected chi connectivity index (χ0v) is 10.3. The number of rotatable bonds is 3. The standard InChI is InChI=1S/C12H15N3O3/c1-8-5-9(7-10(6-8)15(17)18)13-11-3-4-14(2)12(11)16/h5-7,11,13H,3-4H2,1-2H3.